The summed E-state index contributed by atoms with van der Waals surface area (Å²) in [5.41, 5.74) is 5.98. The third-order valence-corrected chi connectivity index (χ3v) is 3.30. The van der Waals surface area contributed by atoms with Gasteiger partial charge in [0.15, 0.2) is 0 Å². The quantitative estimate of drug-likeness (QED) is 0.546. The summed E-state index contributed by atoms with van der Waals surface area (Å²) in [6, 6.07) is 4.73. The lowest BCUT2D eigenvalue weighted by Crippen LogP contribution is -2.53. The number of carbonyl (C=O) groups is 2. The number of rotatable bonds is 5. The van der Waals surface area contributed by atoms with Crippen molar-refractivity contribution in [3.63, 3.8) is 0 Å². The van der Waals surface area contributed by atoms with Gasteiger partial charge in [0.05, 0.1) is 11.5 Å². The van der Waals surface area contributed by atoms with Crippen molar-refractivity contribution in [2.45, 2.75) is 25.2 Å². The number of aromatic carboxylic acids is 1. The molecule has 0 saturated carbocycles. The highest BCUT2D eigenvalue weighted by Crippen LogP contribution is 2.30. The topological polar surface area (TPSA) is 122 Å². The Morgan fingerprint density at radius 3 is 2.90 bits per heavy atom. The molecule has 21 heavy (non-hydrogen) atoms. The monoisotopic (exact) mass is 292 g/mol. The van der Waals surface area contributed by atoms with Gasteiger partial charge in [0.25, 0.3) is 0 Å². The number of carboxylic acid groups (broad SMARTS) is 1. The minimum Gasteiger partial charge on any atom is -0.534 e. The predicted octanol–water partition coefficient (Wildman–Crippen LogP) is -0.437. The number of hydrogen-bond donors (Lipinski definition) is 4. The minimum absolute atomic E-state index is 0.000502. The molecule has 5 N–H and O–H groups in total. The molecule has 1 heterocycles. The van der Waals surface area contributed by atoms with Gasteiger partial charge in [0, 0.05) is 6.42 Å². The lowest BCUT2D eigenvalue weighted by Gasteiger charge is -2.28. The van der Waals surface area contributed by atoms with Crippen LogP contribution in [0.1, 0.15) is 28.8 Å². The molecule has 1 unspecified atom stereocenters. The van der Waals surface area contributed by atoms with E-state index in [9.17, 15) is 14.6 Å². The summed E-state index contributed by atoms with van der Waals surface area (Å²) in [6.45, 7) is 0.419. The molecule has 112 valence electrons. The van der Waals surface area contributed by atoms with E-state index in [4.69, 9.17) is 15.5 Å². The van der Waals surface area contributed by atoms with Crippen LogP contribution in [-0.2, 0) is 11.2 Å². The van der Waals surface area contributed by atoms with Crippen molar-refractivity contribution in [1.82, 2.24) is 5.32 Å². The molecule has 0 spiro atoms. The third kappa shape index (κ3) is 3.53. The highest BCUT2D eigenvalue weighted by molar-refractivity contribution is 6.47. The fourth-order valence-corrected chi connectivity index (χ4v) is 2.26. The van der Waals surface area contributed by atoms with E-state index in [0.29, 0.717) is 24.9 Å². The number of nitrogens with two attached hydrogens (primary N) is 1. The van der Waals surface area contributed by atoms with Gasteiger partial charge < -0.3 is 25.8 Å². The molecule has 1 atom stereocenters. The average molecular weight is 292 g/mol. The molecular weight excluding hydrogens is 275 g/mol. The first kappa shape index (κ1) is 15.3. The van der Waals surface area contributed by atoms with Gasteiger partial charge >= 0.3 is 13.1 Å². The molecule has 2 rings (SSSR count). The molecule has 0 bridgehead atoms. The molecular formula is C13H17BN2O5. The molecule has 1 aromatic carbocycles. The van der Waals surface area contributed by atoms with E-state index in [1.807, 2.05) is 0 Å². The van der Waals surface area contributed by atoms with E-state index in [-0.39, 0.29) is 23.6 Å². The first-order valence-electron chi connectivity index (χ1n) is 6.72. The maximum atomic E-state index is 11.7. The van der Waals surface area contributed by atoms with Gasteiger partial charge in [0.1, 0.15) is 5.75 Å². The van der Waals surface area contributed by atoms with Crippen molar-refractivity contribution >= 4 is 19.0 Å². The molecule has 1 aliphatic heterocycles. The molecule has 1 aliphatic rings. The van der Waals surface area contributed by atoms with Crippen LogP contribution in [0, 0.1) is 0 Å². The highest BCUT2D eigenvalue weighted by atomic mass is 16.5. The number of para-hydroxylation sites is 1. The van der Waals surface area contributed by atoms with Crippen molar-refractivity contribution in [1.29, 1.82) is 0 Å². The van der Waals surface area contributed by atoms with Crippen LogP contribution >= 0.6 is 0 Å². The number of fused-ring (bicyclic) bond motifs is 1. The van der Waals surface area contributed by atoms with Crippen molar-refractivity contribution in [2.24, 2.45) is 5.73 Å². The molecule has 0 saturated heterocycles. The Balaban J connectivity index is 2.12. The zero-order valence-corrected chi connectivity index (χ0v) is 11.4. The molecule has 0 fully saturated rings. The Morgan fingerprint density at radius 1 is 1.48 bits per heavy atom. The molecule has 8 heteroatoms. The van der Waals surface area contributed by atoms with Crippen LogP contribution in [-0.4, -0.2) is 41.6 Å². The van der Waals surface area contributed by atoms with Crippen LogP contribution in [0.3, 0.4) is 0 Å². The Bertz CT molecular complexity index is 551. The lowest BCUT2D eigenvalue weighted by molar-refractivity contribution is -0.121. The highest BCUT2D eigenvalue weighted by Gasteiger charge is 2.37. The van der Waals surface area contributed by atoms with E-state index in [1.165, 1.54) is 6.07 Å². The SMILES string of the molecule is NCCCC(=O)NC1Cc2cccc(C(=O)O)c2OB1O. The minimum atomic E-state index is -1.28. The number of benzene rings is 1. The van der Waals surface area contributed by atoms with Crippen molar-refractivity contribution in [3.8, 4) is 5.75 Å². The fraction of sp³-hybridized carbons (Fsp3) is 0.385. The van der Waals surface area contributed by atoms with Crippen LogP contribution < -0.4 is 15.7 Å². The summed E-state index contributed by atoms with van der Waals surface area (Å²) in [5.74, 6) is -1.79. The predicted molar refractivity (Wildman–Crippen MR) is 75.9 cm³/mol. The van der Waals surface area contributed by atoms with E-state index >= 15 is 0 Å². The third-order valence-electron chi connectivity index (χ3n) is 3.30. The van der Waals surface area contributed by atoms with Crippen molar-refractivity contribution in [2.75, 3.05) is 6.54 Å². The zero-order valence-electron chi connectivity index (χ0n) is 11.4. The maximum Gasteiger partial charge on any atom is 0.547 e. The van der Waals surface area contributed by atoms with E-state index < -0.39 is 19.0 Å². The first-order chi connectivity index (χ1) is 10.0. The van der Waals surface area contributed by atoms with Gasteiger partial charge in [-0.3, -0.25) is 4.79 Å². The maximum absolute atomic E-state index is 11.7. The second-order valence-electron chi connectivity index (χ2n) is 4.88. The first-order valence-corrected chi connectivity index (χ1v) is 6.72. The number of hydrogen-bond acceptors (Lipinski definition) is 5. The number of nitrogens with one attached hydrogen (secondary N) is 1. The van der Waals surface area contributed by atoms with Crippen molar-refractivity contribution < 1.29 is 24.4 Å². The molecule has 1 aromatic rings. The van der Waals surface area contributed by atoms with Gasteiger partial charge in [-0.05, 0) is 31.0 Å². The summed E-state index contributed by atoms with van der Waals surface area (Å²) in [7, 11) is -1.28. The lowest BCUT2D eigenvalue weighted by atomic mass is 9.72. The number of carbonyl (C=O) groups excluding carboxylic acids is 1. The largest absolute Gasteiger partial charge is 0.547 e. The Labute approximate surface area is 122 Å². The molecule has 7 nitrogen and oxygen atoms in total. The second kappa shape index (κ2) is 6.60. The standard InChI is InChI=1S/C13H17BN2O5/c15-6-2-5-11(17)16-10-7-8-3-1-4-9(13(18)19)12(8)21-14(10)20/h1,3-4,10,20H,2,5-7,15H2,(H,16,17)(H,18,19). The molecule has 1 amide bonds. The van der Waals surface area contributed by atoms with Gasteiger partial charge in [-0.2, -0.15) is 0 Å². The molecule has 0 radical (unpaired) electrons. The number of carboxylic acids is 1. The van der Waals surface area contributed by atoms with Crippen LogP contribution in [0.2, 0.25) is 0 Å². The normalized spacial score (nSPS) is 16.9. The van der Waals surface area contributed by atoms with Crippen LogP contribution in [0.15, 0.2) is 18.2 Å². The Morgan fingerprint density at radius 2 is 2.24 bits per heavy atom. The molecule has 0 aromatic heterocycles. The summed E-state index contributed by atoms with van der Waals surface area (Å²) in [5, 5.41) is 21.7. The van der Waals surface area contributed by atoms with E-state index in [0.717, 1.165) is 0 Å². The van der Waals surface area contributed by atoms with E-state index in [1.54, 1.807) is 12.1 Å². The second-order valence-corrected chi connectivity index (χ2v) is 4.88. The fourth-order valence-electron chi connectivity index (χ4n) is 2.26. The summed E-state index contributed by atoms with van der Waals surface area (Å²) in [6.07, 6.45) is 1.16. The summed E-state index contributed by atoms with van der Waals surface area (Å²) >= 11 is 0. The Hall–Kier alpha value is -2.06. The van der Waals surface area contributed by atoms with Crippen LogP contribution in [0.5, 0.6) is 5.75 Å². The van der Waals surface area contributed by atoms with Crippen LogP contribution in [0.4, 0.5) is 0 Å². The smallest absolute Gasteiger partial charge is 0.534 e. The zero-order chi connectivity index (χ0) is 15.4. The van der Waals surface area contributed by atoms with Gasteiger partial charge in [-0.1, -0.05) is 12.1 Å². The van der Waals surface area contributed by atoms with Crippen molar-refractivity contribution in [3.05, 3.63) is 29.3 Å². The number of amides is 1. The van der Waals surface area contributed by atoms with Crippen LogP contribution in [0.25, 0.3) is 0 Å². The van der Waals surface area contributed by atoms with Gasteiger partial charge in [0.2, 0.25) is 5.91 Å². The average Bonchev–Trinajstić information content (AvgIpc) is 2.45. The summed E-state index contributed by atoms with van der Waals surface area (Å²) < 4.78 is 5.28. The van der Waals surface area contributed by atoms with Gasteiger partial charge in [-0.25, -0.2) is 4.79 Å². The molecule has 0 aliphatic carbocycles. The summed E-state index contributed by atoms with van der Waals surface area (Å²) in [4.78, 5) is 22.8. The van der Waals surface area contributed by atoms with E-state index in [2.05, 4.69) is 5.32 Å². The Kier molecular flexibility index (Phi) is 4.82. The van der Waals surface area contributed by atoms with Gasteiger partial charge in [-0.15, -0.1) is 0 Å².